The lowest BCUT2D eigenvalue weighted by atomic mass is 10.0. The van der Waals surface area contributed by atoms with Crippen LogP contribution in [0.5, 0.6) is 0 Å². The molecule has 8 amide bonds. The Hall–Kier alpha value is -5.37. The van der Waals surface area contributed by atoms with Crippen LogP contribution in [0.3, 0.4) is 0 Å². The van der Waals surface area contributed by atoms with Gasteiger partial charge >= 0.3 is 6.03 Å². The molecule has 1 aromatic carbocycles. The number of hydrogen-bond donors (Lipinski definition) is 6. The lowest BCUT2D eigenvalue weighted by molar-refractivity contribution is -0.137. The summed E-state index contributed by atoms with van der Waals surface area (Å²) in [5.41, 5.74) is 6.54. The number of primary amides is 1. The van der Waals surface area contributed by atoms with Crippen molar-refractivity contribution in [3.63, 3.8) is 0 Å². The van der Waals surface area contributed by atoms with Gasteiger partial charge in [-0.15, -0.1) is 0 Å². The first kappa shape index (κ1) is 48.8. The second-order valence-electron chi connectivity index (χ2n) is 13.4. The Balaban J connectivity index is 1.60. The summed E-state index contributed by atoms with van der Waals surface area (Å²) >= 11 is 0. The van der Waals surface area contributed by atoms with Crippen LogP contribution >= 0.6 is 0 Å². The van der Waals surface area contributed by atoms with Crippen LogP contribution in [0.4, 0.5) is 10.5 Å². The number of rotatable bonds is 31. The smallest absolute Gasteiger partial charge is 0.312 e. The lowest BCUT2D eigenvalue weighted by Gasteiger charge is -2.25. The number of allylic oxidation sites excluding steroid dienone is 1. The fraction of sp³-hybridized carbons (Fsp3) is 0.564. The van der Waals surface area contributed by atoms with Crippen LogP contribution in [0, 0.1) is 5.92 Å². The van der Waals surface area contributed by atoms with E-state index in [4.69, 9.17) is 29.4 Å². The van der Waals surface area contributed by atoms with Gasteiger partial charge in [-0.2, -0.15) is 0 Å². The van der Waals surface area contributed by atoms with Gasteiger partial charge in [-0.3, -0.25) is 33.7 Å². The molecule has 0 saturated carbocycles. The molecule has 19 nitrogen and oxygen atoms in total. The van der Waals surface area contributed by atoms with Crippen molar-refractivity contribution in [3.8, 4) is 0 Å². The number of nitrogens with zero attached hydrogens (tertiary/aromatic N) is 1. The summed E-state index contributed by atoms with van der Waals surface area (Å²) in [6.45, 7) is 12.0. The van der Waals surface area contributed by atoms with Crippen molar-refractivity contribution in [2.75, 3.05) is 77.8 Å². The Bertz CT molecular complexity index is 1520. The molecule has 7 N–H and O–H groups in total. The van der Waals surface area contributed by atoms with Gasteiger partial charge in [0, 0.05) is 50.3 Å². The average Bonchev–Trinajstić information content (AvgIpc) is 3.50. The average molecular weight is 818 g/mol. The van der Waals surface area contributed by atoms with E-state index in [1.165, 1.54) is 12.2 Å². The van der Waals surface area contributed by atoms with Crippen molar-refractivity contribution in [1.82, 2.24) is 26.2 Å². The quantitative estimate of drug-likeness (QED) is 0.0343. The first-order valence-electron chi connectivity index (χ1n) is 19.2. The third kappa shape index (κ3) is 21.2. The minimum absolute atomic E-state index is 0.00225. The minimum Gasteiger partial charge on any atom is -0.494 e. The van der Waals surface area contributed by atoms with E-state index in [-0.39, 0.29) is 77.1 Å². The maximum absolute atomic E-state index is 13.4. The summed E-state index contributed by atoms with van der Waals surface area (Å²) in [6.07, 6.45) is 2.90. The first-order valence-corrected chi connectivity index (χ1v) is 19.2. The van der Waals surface area contributed by atoms with E-state index in [0.717, 1.165) is 10.5 Å². The molecule has 0 saturated heterocycles. The summed E-state index contributed by atoms with van der Waals surface area (Å²) in [7, 11) is 0. The second kappa shape index (κ2) is 28.1. The highest BCUT2D eigenvalue weighted by Gasteiger charge is 2.29. The normalized spacial score (nSPS) is 13.2. The van der Waals surface area contributed by atoms with Crippen molar-refractivity contribution < 1.29 is 57.2 Å². The number of anilines is 1. The molecule has 1 aliphatic rings. The van der Waals surface area contributed by atoms with Gasteiger partial charge in [0.2, 0.25) is 23.6 Å². The highest BCUT2D eigenvalue weighted by Crippen LogP contribution is 2.13. The molecule has 322 valence electrons. The number of urea groups is 1. The van der Waals surface area contributed by atoms with Gasteiger partial charge in [-0.1, -0.05) is 32.6 Å². The SMILES string of the molecule is C=C(C)OCc1ccc(NC(=O)[C@H](CCCNC(N)=O)NC(=O)C(NC(=O)CCOCCOCCOCCOCCNC(=O)CCN2C(=O)C=CC2=O)C(C)C)cc1. The molecule has 1 heterocycles. The molecule has 2 atom stereocenters. The van der Waals surface area contributed by atoms with Crippen LogP contribution in [-0.2, 0) is 59.1 Å². The monoisotopic (exact) mass is 817 g/mol. The number of carbonyl (C=O) groups is 7. The summed E-state index contributed by atoms with van der Waals surface area (Å²) in [5.74, 6) is -2.26. The van der Waals surface area contributed by atoms with Gasteiger partial charge in [-0.25, -0.2) is 4.79 Å². The molecule has 2 rings (SSSR count). The molecular formula is C39H59N7O12. The molecule has 1 aliphatic heterocycles. The summed E-state index contributed by atoms with van der Waals surface area (Å²) < 4.78 is 27.2. The zero-order chi connectivity index (χ0) is 42.7. The van der Waals surface area contributed by atoms with Gasteiger partial charge in [-0.05, 0) is 43.4 Å². The van der Waals surface area contributed by atoms with Gasteiger partial charge in [0.25, 0.3) is 11.8 Å². The van der Waals surface area contributed by atoms with Crippen LogP contribution in [0.1, 0.15) is 52.0 Å². The highest BCUT2D eigenvalue weighted by molar-refractivity contribution is 6.13. The van der Waals surface area contributed by atoms with E-state index in [1.807, 2.05) is 0 Å². The van der Waals surface area contributed by atoms with E-state index in [1.54, 1.807) is 45.0 Å². The summed E-state index contributed by atoms with van der Waals surface area (Å²) in [4.78, 5) is 86.4. The number of nitrogens with one attached hydrogen (secondary N) is 5. The van der Waals surface area contributed by atoms with Gasteiger partial charge in [0.05, 0.1) is 58.6 Å². The molecule has 0 bridgehead atoms. The molecule has 0 fully saturated rings. The van der Waals surface area contributed by atoms with Gasteiger partial charge < -0.3 is 56.0 Å². The Morgan fingerprint density at radius 2 is 1.33 bits per heavy atom. The molecule has 19 heteroatoms. The predicted molar refractivity (Wildman–Crippen MR) is 212 cm³/mol. The van der Waals surface area contributed by atoms with Crippen LogP contribution in [0.25, 0.3) is 0 Å². The third-order valence-electron chi connectivity index (χ3n) is 8.20. The largest absolute Gasteiger partial charge is 0.494 e. The number of nitrogens with two attached hydrogens (primary N) is 1. The molecule has 1 unspecified atom stereocenters. The number of amides is 8. The maximum atomic E-state index is 13.4. The Morgan fingerprint density at radius 1 is 0.741 bits per heavy atom. The molecule has 58 heavy (non-hydrogen) atoms. The van der Waals surface area contributed by atoms with E-state index in [2.05, 4.69) is 33.2 Å². The lowest BCUT2D eigenvalue weighted by Crippen LogP contribution is -2.54. The van der Waals surface area contributed by atoms with E-state index in [9.17, 15) is 33.6 Å². The number of benzene rings is 1. The Morgan fingerprint density at radius 3 is 1.90 bits per heavy atom. The van der Waals surface area contributed by atoms with Crippen molar-refractivity contribution in [2.45, 2.75) is 65.1 Å². The summed E-state index contributed by atoms with van der Waals surface area (Å²) in [5, 5.41) is 13.4. The molecule has 1 aromatic rings. The molecule has 0 aliphatic carbocycles. The maximum Gasteiger partial charge on any atom is 0.312 e. The number of imide groups is 1. The third-order valence-corrected chi connectivity index (χ3v) is 8.20. The Kier molecular flexibility index (Phi) is 23.6. The molecule has 0 spiro atoms. The first-order chi connectivity index (χ1) is 27.8. The number of carbonyl (C=O) groups excluding carboxylic acids is 7. The van der Waals surface area contributed by atoms with Gasteiger partial charge in [0.15, 0.2) is 0 Å². The van der Waals surface area contributed by atoms with Crippen molar-refractivity contribution in [1.29, 1.82) is 0 Å². The zero-order valence-corrected chi connectivity index (χ0v) is 33.6. The van der Waals surface area contributed by atoms with Crippen LogP contribution in [-0.4, -0.2) is 131 Å². The van der Waals surface area contributed by atoms with Crippen LogP contribution in [0.15, 0.2) is 48.8 Å². The molecular weight excluding hydrogens is 758 g/mol. The second-order valence-corrected chi connectivity index (χ2v) is 13.4. The summed E-state index contributed by atoms with van der Waals surface area (Å²) in [6, 6.07) is 4.43. The number of ether oxygens (including phenoxy) is 5. The van der Waals surface area contributed by atoms with E-state index in [0.29, 0.717) is 50.9 Å². The van der Waals surface area contributed by atoms with Crippen molar-refractivity contribution in [3.05, 3.63) is 54.3 Å². The fourth-order valence-corrected chi connectivity index (χ4v) is 5.09. The zero-order valence-electron chi connectivity index (χ0n) is 33.6. The standard InChI is InChI=1S/C39H59N7O12/c1-27(2)36(38(52)44-31(6-5-15-42-39(40)53)37(51)43-30-9-7-29(8-10-30)26-58-28(3)4)45-33(48)14-18-54-20-22-56-24-25-57-23-21-55-19-16-41-32(47)13-17-46-34(49)11-12-35(46)50/h7-12,27,31,36H,3,5-6,13-26H2,1-2,4H3,(H,41,47)(H,43,51)(H,44,52)(H,45,48)(H3,40,42,53)/t31-,36?/m0/s1. The number of hydrogen-bond acceptors (Lipinski definition) is 12. The minimum atomic E-state index is -0.972. The van der Waals surface area contributed by atoms with E-state index >= 15 is 0 Å². The topological polar surface area (TPSA) is 255 Å². The highest BCUT2D eigenvalue weighted by atomic mass is 16.6. The van der Waals surface area contributed by atoms with Crippen LogP contribution < -0.4 is 32.3 Å². The van der Waals surface area contributed by atoms with Crippen molar-refractivity contribution in [2.24, 2.45) is 11.7 Å². The van der Waals surface area contributed by atoms with E-state index < -0.39 is 47.7 Å². The Labute approximate surface area is 339 Å². The molecule has 0 radical (unpaired) electrons. The van der Waals surface area contributed by atoms with Crippen LogP contribution in [0.2, 0.25) is 0 Å². The van der Waals surface area contributed by atoms with Gasteiger partial charge in [0.1, 0.15) is 18.7 Å². The molecule has 0 aromatic heterocycles. The van der Waals surface area contributed by atoms with Crippen molar-refractivity contribution >= 4 is 47.2 Å². The predicted octanol–water partition coefficient (Wildman–Crippen LogP) is 0.637. The fourth-order valence-electron chi connectivity index (χ4n) is 5.09.